The highest BCUT2D eigenvalue weighted by atomic mass is 16.5. The van der Waals surface area contributed by atoms with Gasteiger partial charge in [0, 0.05) is 23.2 Å². The summed E-state index contributed by atoms with van der Waals surface area (Å²) in [6, 6.07) is 17.2. The Bertz CT molecular complexity index is 1160. The number of methoxy groups -OCH3 is 1. The van der Waals surface area contributed by atoms with Crippen molar-refractivity contribution < 1.29 is 19.1 Å². The number of benzene rings is 2. The smallest absolute Gasteiger partial charge is 0.328 e. The Labute approximate surface area is 188 Å². The van der Waals surface area contributed by atoms with Crippen LogP contribution in [0.15, 0.2) is 54.6 Å². The average molecular weight is 433 g/mol. The Morgan fingerprint density at radius 2 is 1.91 bits per heavy atom. The van der Waals surface area contributed by atoms with Gasteiger partial charge in [-0.1, -0.05) is 30.3 Å². The van der Waals surface area contributed by atoms with Gasteiger partial charge in [0.2, 0.25) is 5.91 Å². The van der Waals surface area contributed by atoms with Crippen LogP contribution in [-0.4, -0.2) is 41.5 Å². The lowest BCUT2D eigenvalue weighted by atomic mass is 9.81. The summed E-state index contributed by atoms with van der Waals surface area (Å²) in [5.41, 5.74) is 3.25. The number of amides is 1. The van der Waals surface area contributed by atoms with Crippen molar-refractivity contribution in [2.75, 3.05) is 13.7 Å². The first-order valence-corrected chi connectivity index (χ1v) is 10.8. The lowest BCUT2D eigenvalue weighted by Gasteiger charge is -2.27. The molecule has 0 radical (unpaired) electrons. The first kappa shape index (κ1) is 21.8. The van der Waals surface area contributed by atoms with Gasteiger partial charge in [-0.2, -0.15) is 0 Å². The maximum atomic E-state index is 13.1. The van der Waals surface area contributed by atoms with Crippen molar-refractivity contribution in [3.8, 4) is 5.75 Å². The van der Waals surface area contributed by atoms with E-state index < -0.39 is 17.4 Å². The molecule has 0 spiro atoms. The Morgan fingerprint density at radius 3 is 2.62 bits per heavy atom. The number of aryl methyl sites for hydroxylation is 1. The number of carbonyl (C=O) groups excluding carboxylic acids is 2. The molecule has 2 unspecified atom stereocenters. The molecule has 6 nitrogen and oxygen atoms in total. The fraction of sp³-hybridized carbons (Fsp3) is 0.346. The average Bonchev–Trinajstić information content (AvgIpc) is 3.12. The Hall–Kier alpha value is -3.41. The minimum atomic E-state index is -0.667. The molecule has 0 N–H and O–H groups in total. The minimum absolute atomic E-state index is 0.0530. The molecule has 1 saturated heterocycles. The van der Waals surface area contributed by atoms with Gasteiger partial charge in [-0.05, 0) is 57.0 Å². The molecule has 2 heterocycles. The molecule has 0 bridgehead atoms. The second kappa shape index (κ2) is 8.61. The summed E-state index contributed by atoms with van der Waals surface area (Å²) < 4.78 is 10.9. The molecule has 1 fully saturated rings. The maximum Gasteiger partial charge on any atom is 0.328 e. The highest BCUT2D eigenvalue weighted by Crippen LogP contribution is 2.37. The van der Waals surface area contributed by atoms with Crippen LogP contribution in [0.25, 0.3) is 10.9 Å². The Balaban J connectivity index is 1.48. The number of fused-ring (bicyclic) bond motifs is 1. The summed E-state index contributed by atoms with van der Waals surface area (Å²) in [6.45, 7) is 6.58. The first-order valence-electron chi connectivity index (χ1n) is 10.8. The number of esters is 1. The Morgan fingerprint density at radius 1 is 1.19 bits per heavy atom. The third kappa shape index (κ3) is 3.93. The zero-order chi connectivity index (χ0) is 22.9. The molecule has 32 heavy (non-hydrogen) atoms. The molecular weight excluding hydrogens is 404 g/mol. The minimum Gasteiger partial charge on any atom is -0.489 e. The van der Waals surface area contributed by atoms with E-state index in [0.29, 0.717) is 19.6 Å². The van der Waals surface area contributed by atoms with Gasteiger partial charge in [0.05, 0.1) is 18.0 Å². The normalized spacial score (nSPS) is 19.2. The molecule has 2 aromatic carbocycles. The number of carbonyl (C=O) groups is 2. The predicted molar refractivity (Wildman–Crippen MR) is 122 cm³/mol. The number of hydrogen-bond acceptors (Lipinski definition) is 5. The van der Waals surface area contributed by atoms with Gasteiger partial charge in [-0.25, -0.2) is 4.79 Å². The zero-order valence-corrected chi connectivity index (χ0v) is 18.9. The standard InChI is InChI=1S/C26H28N2O4/c1-17-15-19(22-7-5-6-8-23(22)27-17)16-32-21-11-9-20(10-12-21)26(3)13-14-28(25(26)30)18(2)24(29)31-4/h5-12,15,18H,13-14,16H2,1-4H3. The fourth-order valence-electron chi connectivity index (χ4n) is 4.40. The maximum absolute atomic E-state index is 13.1. The Kier molecular flexibility index (Phi) is 5.87. The van der Waals surface area contributed by atoms with Crippen LogP contribution in [0, 0.1) is 6.92 Å². The van der Waals surface area contributed by atoms with Gasteiger partial charge >= 0.3 is 5.97 Å². The van der Waals surface area contributed by atoms with E-state index in [0.717, 1.165) is 33.5 Å². The van der Waals surface area contributed by atoms with Crippen molar-refractivity contribution in [3.05, 3.63) is 71.4 Å². The van der Waals surface area contributed by atoms with Crippen molar-refractivity contribution in [1.82, 2.24) is 9.88 Å². The SMILES string of the molecule is COC(=O)C(C)N1CCC(C)(c2ccc(OCc3cc(C)nc4ccccc34)cc2)C1=O. The van der Waals surface area contributed by atoms with E-state index in [4.69, 9.17) is 9.47 Å². The lowest BCUT2D eigenvalue weighted by Crippen LogP contribution is -2.44. The van der Waals surface area contributed by atoms with E-state index in [-0.39, 0.29) is 5.91 Å². The van der Waals surface area contributed by atoms with Crippen molar-refractivity contribution in [1.29, 1.82) is 0 Å². The largest absolute Gasteiger partial charge is 0.489 e. The van der Waals surface area contributed by atoms with E-state index in [2.05, 4.69) is 11.1 Å². The third-order valence-corrected chi connectivity index (χ3v) is 6.41. The summed E-state index contributed by atoms with van der Waals surface area (Å²) in [5, 5.41) is 1.08. The van der Waals surface area contributed by atoms with Crippen molar-refractivity contribution in [3.63, 3.8) is 0 Å². The van der Waals surface area contributed by atoms with Gasteiger partial charge in [0.25, 0.3) is 0 Å². The molecule has 2 atom stereocenters. The van der Waals surface area contributed by atoms with Crippen LogP contribution < -0.4 is 4.74 Å². The van der Waals surface area contributed by atoms with Crippen LogP contribution in [0.3, 0.4) is 0 Å². The van der Waals surface area contributed by atoms with Crippen LogP contribution in [-0.2, 0) is 26.3 Å². The number of nitrogens with zero attached hydrogens (tertiary/aromatic N) is 2. The van der Waals surface area contributed by atoms with E-state index in [1.165, 1.54) is 7.11 Å². The number of rotatable bonds is 6. The second-order valence-corrected chi connectivity index (χ2v) is 8.53. The van der Waals surface area contributed by atoms with Crippen LogP contribution >= 0.6 is 0 Å². The highest BCUT2D eigenvalue weighted by molar-refractivity contribution is 5.93. The molecule has 1 aromatic heterocycles. The molecule has 3 aromatic rings. The number of aromatic nitrogens is 1. The first-order chi connectivity index (χ1) is 15.3. The summed E-state index contributed by atoms with van der Waals surface area (Å²) in [4.78, 5) is 31.2. The van der Waals surface area contributed by atoms with E-state index in [9.17, 15) is 9.59 Å². The zero-order valence-electron chi connectivity index (χ0n) is 18.9. The quantitative estimate of drug-likeness (QED) is 0.547. The molecule has 166 valence electrons. The van der Waals surface area contributed by atoms with Crippen molar-refractivity contribution >= 4 is 22.8 Å². The van der Waals surface area contributed by atoms with Crippen LogP contribution in [0.5, 0.6) is 5.75 Å². The summed E-state index contributed by atoms with van der Waals surface area (Å²) in [6.07, 6.45) is 0.648. The van der Waals surface area contributed by atoms with E-state index >= 15 is 0 Å². The van der Waals surface area contributed by atoms with Crippen molar-refractivity contribution in [2.45, 2.75) is 45.3 Å². The monoisotopic (exact) mass is 432 g/mol. The predicted octanol–water partition coefficient (Wildman–Crippen LogP) is 4.17. The molecule has 4 rings (SSSR count). The summed E-state index contributed by atoms with van der Waals surface area (Å²) in [5.74, 6) is 0.286. The number of hydrogen-bond donors (Lipinski definition) is 0. The van der Waals surface area contributed by atoms with Gasteiger partial charge in [-0.15, -0.1) is 0 Å². The third-order valence-electron chi connectivity index (χ3n) is 6.41. The number of ether oxygens (including phenoxy) is 2. The lowest BCUT2D eigenvalue weighted by molar-refractivity contribution is -0.151. The molecule has 1 amide bonds. The summed E-state index contributed by atoms with van der Waals surface area (Å²) in [7, 11) is 1.34. The number of pyridine rings is 1. The van der Waals surface area contributed by atoms with Gasteiger partial charge in [0.15, 0.2) is 0 Å². The second-order valence-electron chi connectivity index (χ2n) is 8.53. The van der Waals surface area contributed by atoms with Crippen molar-refractivity contribution in [2.24, 2.45) is 0 Å². The van der Waals surface area contributed by atoms with E-state index in [1.807, 2.05) is 62.4 Å². The molecule has 6 heteroatoms. The number of para-hydroxylation sites is 1. The molecule has 0 aliphatic carbocycles. The van der Waals surface area contributed by atoms with Crippen LogP contribution in [0.2, 0.25) is 0 Å². The van der Waals surface area contributed by atoms with Gasteiger partial charge in [-0.3, -0.25) is 9.78 Å². The molecule has 0 saturated carbocycles. The van der Waals surface area contributed by atoms with Crippen LogP contribution in [0.4, 0.5) is 0 Å². The fourth-order valence-corrected chi connectivity index (χ4v) is 4.40. The molecule has 1 aliphatic rings. The van der Waals surface area contributed by atoms with E-state index in [1.54, 1.807) is 11.8 Å². The molecule has 1 aliphatic heterocycles. The topological polar surface area (TPSA) is 68.7 Å². The van der Waals surface area contributed by atoms with Gasteiger partial charge < -0.3 is 14.4 Å². The van der Waals surface area contributed by atoms with Gasteiger partial charge in [0.1, 0.15) is 18.4 Å². The summed E-state index contributed by atoms with van der Waals surface area (Å²) >= 11 is 0. The number of likely N-dealkylation sites (tertiary alicyclic amines) is 1. The van der Waals surface area contributed by atoms with Crippen LogP contribution in [0.1, 0.15) is 37.1 Å². The highest BCUT2D eigenvalue weighted by Gasteiger charge is 2.46. The molecular formula is C26H28N2O4.